The molecule has 0 amide bonds. The Balaban J connectivity index is 2.27. The molecule has 0 aliphatic heterocycles. The van der Waals surface area contributed by atoms with Crippen molar-refractivity contribution in [2.75, 3.05) is 6.54 Å². The summed E-state index contributed by atoms with van der Waals surface area (Å²) in [6, 6.07) is 4.89. The first-order valence-corrected chi connectivity index (χ1v) is 5.63. The number of benzene rings is 1. The van der Waals surface area contributed by atoms with Crippen LogP contribution in [0.4, 0.5) is 4.39 Å². The lowest BCUT2D eigenvalue weighted by Crippen LogP contribution is -2.15. The van der Waals surface area contributed by atoms with Crippen LogP contribution in [-0.4, -0.2) is 6.54 Å². The van der Waals surface area contributed by atoms with Crippen LogP contribution in [0, 0.1) is 25.1 Å². The largest absolute Gasteiger partial charge is 0.313 e. The van der Waals surface area contributed by atoms with Gasteiger partial charge in [0.15, 0.2) is 0 Å². The smallest absolute Gasteiger partial charge is 0.123 e. The monoisotopic (exact) mass is 219 g/mol. The van der Waals surface area contributed by atoms with Crippen LogP contribution in [0.1, 0.15) is 30.4 Å². The second-order valence-corrected chi connectivity index (χ2v) is 3.91. The zero-order valence-corrected chi connectivity index (χ0v) is 9.72. The number of halogens is 1. The first-order valence-electron chi connectivity index (χ1n) is 5.63. The highest BCUT2D eigenvalue weighted by atomic mass is 19.1. The Hall–Kier alpha value is -1.33. The highest BCUT2D eigenvalue weighted by Crippen LogP contribution is 2.09. The van der Waals surface area contributed by atoms with Gasteiger partial charge in [-0.3, -0.25) is 0 Å². The highest BCUT2D eigenvalue weighted by molar-refractivity contribution is 5.26. The van der Waals surface area contributed by atoms with E-state index < -0.39 is 0 Å². The van der Waals surface area contributed by atoms with Crippen molar-refractivity contribution in [3.05, 3.63) is 35.1 Å². The molecule has 1 aromatic rings. The van der Waals surface area contributed by atoms with Crippen molar-refractivity contribution in [1.82, 2.24) is 5.32 Å². The summed E-state index contributed by atoms with van der Waals surface area (Å²) in [5.74, 6) is 2.44. The van der Waals surface area contributed by atoms with Gasteiger partial charge in [-0.05, 0) is 49.6 Å². The normalized spacial score (nSPS) is 10.1. The highest BCUT2D eigenvalue weighted by Gasteiger charge is 1.99. The molecule has 1 N–H and O–H groups in total. The van der Waals surface area contributed by atoms with Crippen molar-refractivity contribution in [2.45, 2.75) is 32.7 Å². The van der Waals surface area contributed by atoms with Gasteiger partial charge in [0.2, 0.25) is 0 Å². The fourth-order valence-corrected chi connectivity index (χ4v) is 1.53. The molecule has 0 saturated carbocycles. The number of aryl methyl sites for hydroxylation is 1. The third-order valence-corrected chi connectivity index (χ3v) is 2.55. The maximum atomic E-state index is 13.0. The lowest BCUT2D eigenvalue weighted by Gasteiger charge is -2.07. The van der Waals surface area contributed by atoms with Crippen LogP contribution in [0.25, 0.3) is 0 Å². The van der Waals surface area contributed by atoms with Crippen molar-refractivity contribution in [2.24, 2.45) is 0 Å². The van der Waals surface area contributed by atoms with E-state index in [1.165, 1.54) is 6.07 Å². The Bertz CT molecular complexity index is 365. The van der Waals surface area contributed by atoms with Crippen molar-refractivity contribution < 1.29 is 4.39 Å². The molecule has 0 atom stereocenters. The first kappa shape index (κ1) is 12.7. The molecule has 86 valence electrons. The molecular weight excluding hydrogens is 201 g/mol. The van der Waals surface area contributed by atoms with Crippen LogP contribution in [-0.2, 0) is 6.54 Å². The second kappa shape index (κ2) is 7.03. The van der Waals surface area contributed by atoms with E-state index in [1.54, 1.807) is 6.07 Å². The Labute approximate surface area is 97.1 Å². The molecule has 0 heterocycles. The SMILES string of the molecule is C#CCCCCNCc1cc(F)ccc1C. The number of rotatable bonds is 6. The van der Waals surface area contributed by atoms with Crippen LogP contribution in [0.3, 0.4) is 0 Å². The van der Waals surface area contributed by atoms with Gasteiger partial charge in [0.05, 0.1) is 0 Å². The van der Waals surface area contributed by atoms with Crippen LogP contribution in [0.15, 0.2) is 18.2 Å². The first-order chi connectivity index (χ1) is 7.74. The Morgan fingerprint density at radius 2 is 2.19 bits per heavy atom. The van der Waals surface area contributed by atoms with Gasteiger partial charge in [0.25, 0.3) is 0 Å². The van der Waals surface area contributed by atoms with E-state index in [4.69, 9.17) is 6.42 Å². The van der Waals surface area contributed by atoms with Crippen LogP contribution in [0.5, 0.6) is 0 Å². The fourth-order valence-electron chi connectivity index (χ4n) is 1.53. The fraction of sp³-hybridized carbons (Fsp3) is 0.429. The molecule has 0 spiro atoms. The third kappa shape index (κ3) is 4.46. The Morgan fingerprint density at radius 3 is 2.94 bits per heavy atom. The maximum Gasteiger partial charge on any atom is 0.123 e. The van der Waals surface area contributed by atoms with Gasteiger partial charge in [-0.15, -0.1) is 12.3 Å². The summed E-state index contributed by atoms with van der Waals surface area (Å²) in [5, 5.41) is 3.29. The molecule has 2 heteroatoms. The second-order valence-electron chi connectivity index (χ2n) is 3.91. The van der Waals surface area contributed by atoms with Crippen molar-refractivity contribution in [1.29, 1.82) is 0 Å². The number of nitrogens with one attached hydrogen (secondary N) is 1. The summed E-state index contributed by atoms with van der Waals surface area (Å²) in [4.78, 5) is 0. The minimum atomic E-state index is -0.172. The average Bonchev–Trinajstić information content (AvgIpc) is 2.28. The van der Waals surface area contributed by atoms with Crippen LogP contribution >= 0.6 is 0 Å². The zero-order valence-electron chi connectivity index (χ0n) is 9.72. The van der Waals surface area contributed by atoms with Gasteiger partial charge in [-0.2, -0.15) is 0 Å². The van der Waals surface area contributed by atoms with E-state index in [9.17, 15) is 4.39 Å². The molecule has 0 radical (unpaired) electrons. The van der Waals surface area contributed by atoms with Crippen molar-refractivity contribution in [3.63, 3.8) is 0 Å². The molecular formula is C14H18FN. The Kier molecular flexibility index (Phi) is 5.60. The minimum Gasteiger partial charge on any atom is -0.313 e. The average molecular weight is 219 g/mol. The summed E-state index contributed by atoms with van der Waals surface area (Å²) in [5.41, 5.74) is 2.15. The summed E-state index contributed by atoms with van der Waals surface area (Å²) < 4.78 is 13.0. The van der Waals surface area contributed by atoms with Gasteiger partial charge >= 0.3 is 0 Å². The molecule has 0 aromatic heterocycles. The Morgan fingerprint density at radius 1 is 1.38 bits per heavy atom. The van der Waals surface area contributed by atoms with E-state index in [0.717, 1.165) is 43.5 Å². The topological polar surface area (TPSA) is 12.0 Å². The number of hydrogen-bond donors (Lipinski definition) is 1. The van der Waals surface area contributed by atoms with Gasteiger partial charge in [0.1, 0.15) is 5.82 Å². The molecule has 1 nitrogen and oxygen atoms in total. The predicted molar refractivity (Wildman–Crippen MR) is 65.5 cm³/mol. The summed E-state index contributed by atoms with van der Waals surface area (Å²) in [7, 11) is 0. The molecule has 0 bridgehead atoms. The predicted octanol–water partition coefficient (Wildman–Crippen LogP) is 3.03. The van der Waals surface area contributed by atoms with E-state index >= 15 is 0 Å². The van der Waals surface area contributed by atoms with Crippen molar-refractivity contribution >= 4 is 0 Å². The van der Waals surface area contributed by atoms with Gasteiger partial charge in [0, 0.05) is 13.0 Å². The quantitative estimate of drug-likeness (QED) is 0.573. The molecule has 0 aliphatic rings. The zero-order chi connectivity index (χ0) is 11.8. The molecule has 0 unspecified atom stereocenters. The van der Waals surface area contributed by atoms with Gasteiger partial charge < -0.3 is 5.32 Å². The third-order valence-electron chi connectivity index (χ3n) is 2.55. The minimum absolute atomic E-state index is 0.172. The summed E-state index contributed by atoms with van der Waals surface area (Å²) in [6.45, 7) is 3.64. The van der Waals surface area contributed by atoms with E-state index in [-0.39, 0.29) is 5.82 Å². The summed E-state index contributed by atoms with van der Waals surface area (Å²) >= 11 is 0. The van der Waals surface area contributed by atoms with Gasteiger partial charge in [-0.1, -0.05) is 6.07 Å². The van der Waals surface area contributed by atoms with E-state index in [1.807, 2.05) is 13.0 Å². The lowest BCUT2D eigenvalue weighted by atomic mass is 10.1. The number of unbranched alkanes of at least 4 members (excludes halogenated alkanes) is 2. The molecule has 0 aliphatic carbocycles. The number of hydrogen-bond acceptors (Lipinski definition) is 1. The molecule has 0 fully saturated rings. The standard InChI is InChI=1S/C14H18FN/c1-3-4-5-6-9-16-11-13-10-14(15)8-7-12(13)2/h1,7-8,10,16H,4-6,9,11H2,2H3. The lowest BCUT2D eigenvalue weighted by molar-refractivity contribution is 0.609. The molecule has 1 aromatic carbocycles. The van der Waals surface area contributed by atoms with Crippen LogP contribution < -0.4 is 5.32 Å². The van der Waals surface area contributed by atoms with E-state index in [0.29, 0.717) is 0 Å². The molecule has 1 rings (SSSR count). The van der Waals surface area contributed by atoms with Gasteiger partial charge in [-0.25, -0.2) is 4.39 Å². The maximum absolute atomic E-state index is 13.0. The summed E-state index contributed by atoms with van der Waals surface area (Å²) in [6.07, 6.45) is 8.11. The van der Waals surface area contributed by atoms with Crippen molar-refractivity contribution in [3.8, 4) is 12.3 Å². The number of terminal acetylenes is 1. The molecule has 0 saturated heterocycles. The van der Waals surface area contributed by atoms with Crippen LogP contribution in [0.2, 0.25) is 0 Å². The molecule has 16 heavy (non-hydrogen) atoms. The van der Waals surface area contributed by atoms with E-state index in [2.05, 4.69) is 11.2 Å².